The van der Waals surface area contributed by atoms with Crippen molar-refractivity contribution in [2.75, 3.05) is 6.54 Å². The molecule has 0 spiro atoms. The van der Waals surface area contributed by atoms with Crippen molar-refractivity contribution in [1.82, 2.24) is 0 Å². The second kappa shape index (κ2) is 6.13. The van der Waals surface area contributed by atoms with Gasteiger partial charge in [-0.25, -0.2) is 0 Å². The molecule has 4 N–H and O–H groups in total. The Morgan fingerprint density at radius 2 is 2.00 bits per heavy atom. The lowest BCUT2D eigenvalue weighted by molar-refractivity contribution is -0.118. The van der Waals surface area contributed by atoms with Gasteiger partial charge in [-0.3, -0.25) is 4.79 Å². The van der Waals surface area contributed by atoms with E-state index >= 15 is 0 Å². The third-order valence-electron chi connectivity index (χ3n) is 1.91. The summed E-state index contributed by atoms with van der Waals surface area (Å²) in [5.74, 6) is -0.160. The fourth-order valence-electron chi connectivity index (χ4n) is 1.29. The molecule has 0 aliphatic rings. The van der Waals surface area contributed by atoms with Gasteiger partial charge in [0.25, 0.3) is 0 Å². The lowest BCUT2D eigenvalue weighted by Gasteiger charge is -2.16. The van der Waals surface area contributed by atoms with Crippen LogP contribution in [0.1, 0.15) is 26.7 Å². The zero-order valence-electron chi connectivity index (χ0n) is 8.23. The normalized spacial score (nSPS) is 13.1. The van der Waals surface area contributed by atoms with Gasteiger partial charge in [-0.2, -0.15) is 0 Å². The minimum absolute atomic E-state index is 0.0265. The Balaban J connectivity index is 4.02. The van der Waals surface area contributed by atoms with Crippen LogP contribution in [-0.2, 0) is 4.79 Å². The molecule has 0 aromatic rings. The molecule has 0 saturated heterocycles. The molecule has 76 valence electrons. The van der Waals surface area contributed by atoms with E-state index in [2.05, 4.69) is 0 Å². The summed E-state index contributed by atoms with van der Waals surface area (Å²) in [5.41, 5.74) is 5.14. The number of rotatable bonds is 6. The Morgan fingerprint density at radius 3 is 2.31 bits per heavy atom. The lowest BCUT2D eigenvalue weighted by atomic mass is 9.66. The fourth-order valence-corrected chi connectivity index (χ4v) is 1.29. The summed E-state index contributed by atoms with van der Waals surface area (Å²) in [7, 11) is -1.42. The molecule has 0 heterocycles. The third kappa shape index (κ3) is 5.79. The van der Waals surface area contributed by atoms with E-state index in [9.17, 15) is 4.79 Å². The van der Waals surface area contributed by atoms with Crippen molar-refractivity contribution >= 4 is 12.9 Å². The summed E-state index contributed by atoms with van der Waals surface area (Å²) in [6.45, 7) is 3.92. The van der Waals surface area contributed by atoms with Crippen molar-refractivity contribution in [3.63, 3.8) is 0 Å². The monoisotopic (exact) mass is 187 g/mol. The molecule has 0 rings (SSSR count). The van der Waals surface area contributed by atoms with Crippen molar-refractivity contribution in [2.45, 2.75) is 32.5 Å². The molecule has 13 heavy (non-hydrogen) atoms. The first-order valence-electron chi connectivity index (χ1n) is 4.55. The van der Waals surface area contributed by atoms with Crippen LogP contribution >= 0.6 is 0 Å². The Labute approximate surface area is 79.3 Å². The first-order chi connectivity index (χ1) is 5.97. The van der Waals surface area contributed by atoms with Gasteiger partial charge in [-0.05, 0) is 12.3 Å². The smallest absolute Gasteiger partial charge is 0.427 e. The van der Waals surface area contributed by atoms with Gasteiger partial charge in [0, 0.05) is 12.2 Å². The molecule has 0 aliphatic heterocycles. The number of hydrogen-bond donors (Lipinski definition) is 3. The van der Waals surface area contributed by atoms with Crippen LogP contribution in [0.25, 0.3) is 0 Å². The maximum Gasteiger partial charge on any atom is 0.455 e. The number of nitrogens with two attached hydrogens (primary N) is 1. The number of carbonyl (C=O) groups is 1. The van der Waals surface area contributed by atoms with Gasteiger partial charge in [0.05, 0.1) is 6.54 Å². The molecule has 0 aromatic heterocycles. The second-order valence-electron chi connectivity index (χ2n) is 3.75. The number of hydrogen-bond acceptors (Lipinski definition) is 4. The highest BCUT2D eigenvalue weighted by molar-refractivity contribution is 6.43. The van der Waals surface area contributed by atoms with E-state index < -0.39 is 7.12 Å². The van der Waals surface area contributed by atoms with Crippen LogP contribution in [0, 0.1) is 5.92 Å². The summed E-state index contributed by atoms with van der Waals surface area (Å²) < 4.78 is 0. The molecule has 0 bridgehead atoms. The van der Waals surface area contributed by atoms with Gasteiger partial charge in [-0.15, -0.1) is 0 Å². The first-order valence-corrected chi connectivity index (χ1v) is 4.55. The molecule has 0 aliphatic carbocycles. The van der Waals surface area contributed by atoms with Crippen LogP contribution in [0.15, 0.2) is 0 Å². The Morgan fingerprint density at radius 1 is 1.46 bits per heavy atom. The second-order valence-corrected chi connectivity index (χ2v) is 3.75. The van der Waals surface area contributed by atoms with E-state index in [1.54, 1.807) is 0 Å². The van der Waals surface area contributed by atoms with Crippen molar-refractivity contribution in [3.8, 4) is 0 Å². The van der Waals surface area contributed by atoms with Crippen LogP contribution in [-0.4, -0.2) is 29.5 Å². The predicted molar refractivity (Wildman–Crippen MR) is 52.1 cm³/mol. The van der Waals surface area contributed by atoms with Gasteiger partial charge in [0.2, 0.25) is 0 Å². The minimum atomic E-state index is -1.42. The van der Waals surface area contributed by atoms with Crippen LogP contribution in [0.5, 0.6) is 0 Å². The Kier molecular flexibility index (Phi) is 5.95. The number of carbonyl (C=O) groups excluding carboxylic acids is 1. The van der Waals surface area contributed by atoms with E-state index in [0.29, 0.717) is 12.3 Å². The van der Waals surface area contributed by atoms with Crippen molar-refractivity contribution < 1.29 is 14.8 Å². The molecule has 5 heteroatoms. The summed E-state index contributed by atoms with van der Waals surface area (Å²) >= 11 is 0. The molecule has 0 saturated carbocycles. The summed E-state index contributed by atoms with van der Waals surface area (Å²) in [6.07, 6.45) is 0.787. The summed E-state index contributed by atoms with van der Waals surface area (Å²) in [6, 6.07) is 0. The maximum absolute atomic E-state index is 11.0. The Bertz CT molecular complexity index is 161. The van der Waals surface area contributed by atoms with Crippen LogP contribution in [0.3, 0.4) is 0 Å². The molecule has 0 aromatic carbocycles. The molecular formula is C8H18BNO3. The lowest BCUT2D eigenvalue weighted by Crippen LogP contribution is -2.26. The van der Waals surface area contributed by atoms with Gasteiger partial charge < -0.3 is 15.8 Å². The van der Waals surface area contributed by atoms with Crippen LogP contribution in [0.4, 0.5) is 0 Å². The topological polar surface area (TPSA) is 83.6 Å². The molecular weight excluding hydrogens is 169 g/mol. The summed E-state index contributed by atoms with van der Waals surface area (Å²) in [5, 5.41) is 17.9. The van der Waals surface area contributed by atoms with E-state index in [-0.39, 0.29) is 24.6 Å². The van der Waals surface area contributed by atoms with E-state index in [4.69, 9.17) is 15.8 Å². The zero-order valence-corrected chi connectivity index (χ0v) is 8.23. The van der Waals surface area contributed by atoms with Gasteiger partial charge in [0.15, 0.2) is 0 Å². The van der Waals surface area contributed by atoms with Crippen molar-refractivity contribution in [2.24, 2.45) is 11.7 Å². The highest BCUT2D eigenvalue weighted by Gasteiger charge is 2.25. The van der Waals surface area contributed by atoms with Crippen molar-refractivity contribution in [3.05, 3.63) is 0 Å². The van der Waals surface area contributed by atoms with Crippen LogP contribution < -0.4 is 5.73 Å². The average molecular weight is 187 g/mol. The maximum atomic E-state index is 11.0. The van der Waals surface area contributed by atoms with Gasteiger partial charge >= 0.3 is 7.12 Å². The molecule has 0 radical (unpaired) electrons. The SMILES string of the molecule is CC(C)C[C@H](CC(=O)CN)B(O)O. The van der Waals surface area contributed by atoms with Crippen LogP contribution in [0.2, 0.25) is 5.82 Å². The largest absolute Gasteiger partial charge is 0.455 e. The minimum Gasteiger partial charge on any atom is -0.427 e. The first kappa shape index (κ1) is 12.6. The average Bonchev–Trinajstić information content (AvgIpc) is 2.02. The quantitative estimate of drug-likeness (QED) is 0.502. The fraction of sp³-hybridized carbons (Fsp3) is 0.875. The van der Waals surface area contributed by atoms with E-state index in [0.717, 1.165) is 0 Å². The molecule has 0 amide bonds. The molecule has 0 unspecified atom stereocenters. The predicted octanol–water partition coefficient (Wildman–Crippen LogP) is -0.207. The highest BCUT2D eigenvalue weighted by Crippen LogP contribution is 2.22. The molecule has 0 fully saturated rings. The van der Waals surface area contributed by atoms with E-state index in [1.165, 1.54) is 0 Å². The Hall–Kier alpha value is -0.385. The molecule has 4 nitrogen and oxygen atoms in total. The van der Waals surface area contributed by atoms with E-state index in [1.807, 2.05) is 13.8 Å². The third-order valence-corrected chi connectivity index (χ3v) is 1.91. The summed E-state index contributed by atoms with van der Waals surface area (Å²) in [4.78, 5) is 11.0. The van der Waals surface area contributed by atoms with Gasteiger partial charge in [-0.1, -0.05) is 13.8 Å². The van der Waals surface area contributed by atoms with Crippen molar-refractivity contribution in [1.29, 1.82) is 0 Å². The standard InChI is InChI=1S/C8H18BNO3/c1-6(2)3-7(9(12)13)4-8(11)5-10/h6-7,12-13H,3-5,10H2,1-2H3/t7-/m1/s1. The number of Topliss-reactive ketones (excluding diaryl/α,β-unsaturated/α-hetero) is 1. The zero-order chi connectivity index (χ0) is 10.4. The highest BCUT2D eigenvalue weighted by atomic mass is 16.4. The molecule has 1 atom stereocenters. The number of ketones is 1. The van der Waals surface area contributed by atoms with Gasteiger partial charge in [0.1, 0.15) is 5.78 Å².